The van der Waals surface area contributed by atoms with Gasteiger partial charge >= 0.3 is 0 Å². The first-order chi connectivity index (χ1) is 13.9. The molecule has 1 atom stereocenters. The standard InChI is InChI=1S/C24H31N3O2/c1-17(2)15-21(25-23(28)20-11-7-5-9-18(20)3)24(29)27-14-13-26(4)22-12-8-6-10-19(22)16-27/h5-12,17,21H,13-16H2,1-4H3,(H,25,28). The van der Waals surface area contributed by atoms with Crippen molar-refractivity contribution in [3.05, 3.63) is 65.2 Å². The molecule has 1 N–H and O–H groups in total. The van der Waals surface area contributed by atoms with E-state index in [4.69, 9.17) is 0 Å². The van der Waals surface area contributed by atoms with Crippen LogP contribution in [0.2, 0.25) is 0 Å². The van der Waals surface area contributed by atoms with Crippen molar-refractivity contribution >= 4 is 17.5 Å². The summed E-state index contributed by atoms with van der Waals surface area (Å²) in [6.07, 6.45) is 0.616. The maximum atomic E-state index is 13.4. The Morgan fingerprint density at radius 3 is 2.45 bits per heavy atom. The first kappa shape index (κ1) is 20.9. The molecule has 3 rings (SSSR count). The van der Waals surface area contributed by atoms with E-state index in [-0.39, 0.29) is 11.8 Å². The molecular formula is C24H31N3O2. The molecule has 0 fully saturated rings. The molecule has 0 saturated heterocycles. The number of rotatable bonds is 5. The quantitative estimate of drug-likeness (QED) is 0.844. The fourth-order valence-corrected chi connectivity index (χ4v) is 3.86. The van der Waals surface area contributed by atoms with Gasteiger partial charge in [-0.05, 0) is 42.5 Å². The van der Waals surface area contributed by atoms with Crippen molar-refractivity contribution < 1.29 is 9.59 Å². The molecule has 2 aromatic rings. The van der Waals surface area contributed by atoms with E-state index < -0.39 is 6.04 Å². The molecular weight excluding hydrogens is 362 g/mol. The van der Waals surface area contributed by atoms with Crippen molar-refractivity contribution in [1.82, 2.24) is 10.2 Å². The van der Waals surface area contributed by atoms with Gasteiger partial charge in [0.2, 0.25) is 5.91 Å². The molecule has 1 aliphatic heterocycles. The zero-order valence-electron chi connectivity index (χ0n) is 17.8. The zero-order chi connectivity index (χ0) is 21.0. The second-order valence-corrected chi connectivity index (χ2v) is 8.28. The Morgan fingerprint density at radius 2 is 1.72 bits per heavy atom. The number of benzene rings is 2. The highest BCUT2D eigenvalue weighted by Gasteiger charge is 2.29. The number of carbonyl (C=O) groups is 2. The van der Waals surface area contributed by atoms with Gasteiger partial charge in [-0.1, -0.05) is 50.2 Å². The number of hydrogen-bond donors (Lipinski definition) is 1. The van der Waals surface area contributed by atoms with Crippen LogP contribution in [0.15, 0.2) is 48.5 Å². The number of carbonyl (C=O) groups excluding carboxylic acids is 2. The average molecular weight is 394 g/mol. The number of nitrogens with zero attached hydrogens (tertiary/aromatic N) is 2. The van der Waals surface area contributed by atoms with Crippen LogP contribution in [0.5, 0.6) is 0 Å². The molecule has 1 heterocycles. The molecule has 0 aromatic heterocycles. The Morgan fingerprint density at radius 1 is 1.03 bits per heavy atom. The number of likely N-dealkylation sites (N-methyl/N-ethyl adjacent to an activating group) is 1. The van der Waals surface area contributed by atoms with Gasteiger partial charge in [-0.25, -0.2) is 0 Å². The third-order valence-electron chi connectivity index (χ3n) is 5.48. The minimum atomic E-state index is -0.530. The van der Waals surface area contributed by atoms with Crippen molar-refractivity contribution in [2.45, 2.75) is 39.8 Å². The number of para-hydroxylation sites is 1. The highest BCUT2D eigenvalue weighted by atomic mass is 16.2. The van der Waals surface area contributed by atoms with E-state index in [2.05, 4.69) is 43.2 Å². The normalized spacial score (nSPS) is 14.9. The third kappa shape index (κ3) is 4.97. The largest absolute Gasteiger partial charge is 0.373 e. The van der Waals surface area contributed by atoms with Crippen molar-refractivity contribution in [2.75, 3.05) is 25.0 Å². The zero-order valence-corrected chi connectivity index (χ0v) is 17.8. The van der Waals surface area contributed by atoms with Crippen LogP contribution in [-0.4, -0.2) is 42.9 Å². The highest BCUT2D eigenvalue weighted by molar-refractivity contribution is 5.98. The van der Waals surface area contributed by atoms with Gasteiger partial charge in [0.05, 0.1) is 0 Å². The summed E-state index contributed by atoms with van der Waals surface area (Å²) in [4.78, 5) is 30.4. The Kier molecular flexibility index (Phi) is 6.57. The number of amides is 2. The lowest BCUT2D eigenvalue weighted by Crippen LogP contribution is -2.49. The molecule has 0 spiro atoms. The topological polar surface area (TPSA) is 52.7 Å². The summed E-state index contributed by atoms with van der Waals surface area (Å²) in [6.45, 7) is 8.03. The SMILES string of the molecule is Cc1ccccc1C(=O)NC(CC(C)C)C(=O)N1CCN(C)c2ccccc2C1. The van der Waals surface area contributed by atoms with Crippen LogP contribution >= 0.6 is 0 Å². The first-order valence-electron chi connectivity index (χ1n) is 10.3. The van der Waals surface area contributed by atoms with E-state index in [9.17, 15) is 9.59 Å². The van der Waals surface area contributed by atoms with E-state index in [1.807, 2.05) is 42.2 Å². The van der Waals surface area contributed by atoms with Crippen LogP contribution < -0.4 is 10.2 Å². The summed E-state index contributed by atoms with van der Waals surface area (Å²) in [6, 6.07) is 15.1. The lowest BCUT2D eigenvalue weighted by molar-refractivity contribution is -0.134. The first-order valence-corrected chi connectivity index (χ1v) is 10.3. The number of fused-ring (bicyclic) bond motifs is 1. The summed E-state index contributed by atoms with van der Waals surface area (Å²) in [5.41, 5.74) is 3.82. The van der Waals surface area contributed by atoms with E-state index in [0.717, 1.165) is 23.4 Å². The van der Waals surface area contributed by atoms with Gasteiger partial charge in [0.25, 0.3) is 5.91 Å². The van der Waals surface area contributed by atoms with Gasteiger partial charge in [-0.2, -0.15) is 0 Å². The van der Waals surface area contributed by atoms with Crippen molar-refractivity contribution in [1.29, 1.82) is 0 Å². The third-order valence-corrected chi connectivity index (χ3v) is 5.48. The predicted molar refractivity (Wildman–Crippen MR) is 117 cm³/mol. The summed E-state index contributed by atoms with van der Waals surface area (Å²) in [7, 11) is 2.05. The number of nitrogens with one attached hydrogen (secondary N) is 1. The molecule has 5 heteroatoms. The van der Waals surface area contributed by atoms with Gasteiger partial charge < -0.3 is 15.1 Å². The number of hydrogen-bond acceptors (Lipinski definition) is 3. The molecule has 1 aliphatic rings. The van der Waals surface area contributed by atoms with Crippen LogP contribution in [-0.2, 0) is 11.3 Å². The molecule has 0 aliphatic carbocycles. The second-order valence-electron chi connectivity index (χ2n) is 8.28. The minimum absolute atomic E-state index is 0.00858. The van der Waals surface area contributed by atoms with Gasteiger partial charge in [0.15, 0.2) is 0 Å². The van der Waals surface area contributed by atoms with Crippen molar-refractivity contribution in [2.24, 2.45) is 5.92 Å². The maximum Gasteiger partial charge on any atom is 0.252 e. The summed E-state index contributed by atoms with van der Waals surface area (Å²) in [5.74, 6) is 0.100. The number of anilines is 1. The molecule has 29 heavy (non-hydrogen) atoms. The lowest BCUT2D eigenvalue weighted by Gasteiger charge is -2.28. The van der Waals surface area contributed by atoms with Crippen LogP contribution in [0.3, 0.4) is 0 Å². The van der Waals surface area contributed by atoms with Gasteiger partial charge in [-0.15, -0.1) is 0 Å². The van der Waals surface area contributed by atoms with E-state index in [1.165, 1.54) is 0 Å². The fourth-order valence-electron chi connectivity index (χ4n) is 3.86. The Balaban J connectivity index is 1.80. The lowest BCUT2D eigenvalue weighted by atomic mass is 10.0. The summed E-state index contributed by atoms with van der Waals surface area (Å²) < 4.78 is 0. The Labute approximate surface area is 173 Å². The molecule has 5 nitrogen and oxygen atoms in total. The van der Waals surface area contributed by atoms with E-state index in [0.29, 0.717) is 31.0 Å². The Bertz CT molecular complexity index is 878. The van der Waals surface area contributed by atoms with Crippen LogP contribution in [0.4, 0.5) is 5.69 Å². The average Bonchev–Trinajstić information content (AvgIpc) is 2.86. The summed E-state index contributed by atoms with van der Waals surface area (Å²) in [5, 5.41) is 3.01. The molecule has 0 saturated carbocycles. The molecule has 1 unspecified atom stereocenters. The predicted octanol–water partition coefficient (Wildman–Crippen LogP) is 3.62. The van der Waals surface area contributed by atoms with E-state index in [1.54, 1.807) is 6.07 Å². The van der Waals surface area contributed by atoms with Gasteiger partial charge in [0.1, 0.15) is 6.04 Å². The minimum Gasteiger partial charge on any atom is -0.373 e. The smallest absolute Gasteiger partial charge is 0.252 e. The van der Waals surface area contributed by atoms with Gasteiger partial charge in [0, 0.05) is 37.9 Å². The number of aryl methyl sites for hydroxylation is 1. The monoisotopic (exact) mass is 393 g/mol. The highest BCUT2D eigenvalue weighted by Crippen LogP contribution is 2.24. The summed E-state index contributed by atoms with van der Waals surface area (Å²) >= 11 is 0. The fraction of sp³-hybridized carbons (Fsp3) is 0.417. The Hall–Kier alpha value is -2.82. The molecule has 0 radical (unpaired) electrons. The van der Waals surface area contributed by atoms with Crippen LogP contribution in [0, 0.1) is 12.8 Å². The van der Waals surface area contributed by atoms with Crippen LogP contribution in [0.25, 0.3) is 0 Å². The van der Waals surface area contributed by atoms with Crippen molar-refractivity contribution in [3.8, 4) is 0 Å². The second kappa shape index (κ2) is 9.12. The van der Waals surface area contributed by atoms with Gasteiger partial charge in [-0.3, -0.25) is 9.59 Å². The van der Waals surface area contributed by atoms with Crippen molar-refractivity contribution in [3.63, 3.8) is 0 Å². The van der Waals surface area contributed by atoms with E-state index >= 15 is 0 Å². The van der Waals surface area contributed by atoms with Crippen LogP contribution in [0.1, 0.15) is 41.8 Å². The molecule has 2 aromatic carbocycles. The molecule has 2 amide bonds. The maximum absolute atomic E-state index is 13.4. The molecule has 154 valence electrons. The molecule has 0 bridgehead atoms.